The maximum atomic E-state index is 13.4. The van der Waals surface area contributed by atoms with Gasteiger partial charge in [0, 0.05) is 33.8 Å². The van der Waals surface area contributed by atoms with Crippen LogP contribution < -0.4 is 10.6 Å². The van der Waals surface area contributed by atoms with Gasteiger partial charge >= 0.3 is 0 Å². The molecule has 0 unspecified atom stereocenters. The molecule has 1 saturated carbocycles. The maximum Gasteiger partial charge on any atom is 0.276 e. The number of anilines is 3. The second-order valence-corrected chi connectivity index (χ2v) is 9.19. The Hall–Kier alpha value is -3.92. The average Bonchev–Trinajstić information content (AvgIpc) is 3.64. The number of hydrogen-bond acceptors (Lipinski definition) is 8. The molecule has 0 atom stereocenters. The van der Waals surface area contributed by atoms with Crippen LogP contribution in [0, 0.1) is 5.41 Å². The summed E-state index contributed by atoms with van der Waals surface area (Å²) in [6.45, 7) is 2.73. The van der Waals surface area contributed by atoms with Crippen LogP contribution in [0.4, 0.5) is 17.1 Å². The van der Waals surface area contributed by atoms with Gasteiger partial charge in [-0.05, 0) is 31.0 Å². The third-order valence-electron chi connectivity index (χ3n) is 6.42. The first-order valence-corrected chi connectivity index (χ1v) is 11.3. The third kappa shape index (κ3) is 3.86. The van der Waals surface area contributed by atoms with E-state index in [0.29, 0.717) is 54.8 Å². The van der Waals surface area contributed by atoms with Crippen molar-refractivity contribution in [2.24, 2.45) is 5.41 Å². The molecule has 0 aromatic carbocycles. The highest BCUT2D eigenvalue weighted by molar-refractivity contribution is 6.10. The van der Waals surface area contributed by atoms with Crippen molar-refractivity contribution in [1.29, 1.82) is 0 Å². The molecule has 6 rings (SSSR count). The molecular formula is C24H27N7O3. The lowest BCUT2D eigenvalue weighted by Crippen LogP contribution is -2.67. The van der Waals surface area contributed by atoms with Gasteiger partial charge in [-0.25, -0.2) is 15.0 Å². The molecule has 5 heterocycles. The van der Waals surface area contributed by atoms with Gasteiger partial charge in [0.2, 0.25) is 0 Å². The van der Waals surface area contributed by atoms with E-state index in [4.69, 9.17) is 4.74 Å². The van der Waals surface area contributed by atoms with Crippen LogP contribution >= 0.6 is 0 Å². The van der Waals surface area contributed by atoms with E-state index in [9.17, 15) is 9.59 Å². The van der Waals surface area contributed by atoms with Gasteiger partial charge in [-0.2, -0.15) is 0 Å². The molecule has 1 aliphatic carbocycles. The highest BCUT2D eigenvalue weighted by atomic mass is 16.5. The molecule has 2 saturated heterocycles. The predicted molar refractivity (Wildman–Crippen MR) is 127 cm³/mol. The molecule has 3 fully saturated rings. The van der Waals surface area contributed by atoms with Crippen molar-refractivity contribution < 1.29 is 17.2 Å². The van der Waals surface area contributed by atoms with Crippen LogP contribution in [-0.2, 0) is 4.74 Å². The Morgan fingerprint density at radius 1 is 1.03 bits per heavy atom. The second kappa shape index (κ2) is 8.14. The van der Waals surface area contributed by atoms with E-state index in [-0.39, 0.29) is 19.9 Å². The number of carbonyl (C=O) groups is 2. The van der Waals surface area contributed by atoms with Crippen LogP contribution in [0.25, 0.3) is 0 Å². The number of likely N-dealkylation sites (tertiary alicyclic amines) is 1. The minimum Gasteiger partial charge on any atom is -0.380 e. The van der Waals surface area contributed by atoms with Gasteiger partial charge in [0.25, 0.3) is 11.8 Å². The zero-order valence-corrected chi connectivity index (χ0v) is 18.4. The first-order chi connectivity index (χ1) is 16.6. The average molecular weight is 462 g/mol. The smallest absolute Gasteiger partial charge is 0.276 e. The van der Waals surface area contributed by atoms with Crippen LogP contribution in [0.2, 0.25) is 0 Å². The van der Waals surface area contributed by atoms with E-state index in [1.165, 1.54) is 12.5 Å². The van der Waals surface area contributed by atoms with Crippen LogP contribution in [0.15, 0.2) is 49.3 Å². The van der Waals surface area contributed by atoms with Crippen LogP contribution in [0.3, 0.4) is 0 Å². The van der Waals surface area contributed by atoms with E-state index in [2.05, 4.69) is 30.6 Å². The summed E-state index contributed by atoms with van der Waals surface area (Å²) in [5.74, 6) is -0.170. The molecule has 176 valence electrons. The zero-order valence-electron chi connectivity index (χ0n) is 18.4. The van der Waals surface area contributed by atoms with Gasteiger partial charge < -0.3 is 20.3 Å². The predicted octanol–water partition coefficient (Wildman–Crippen LogP) is 3.10. The Morgan fingerprint density at radius 2 is 1.82 bits per heavy atom. The van der Waals surface area contributed by atoms with Crippen molar-refractivity contribution in [3.05, 3.63) is 66.3 Å². The molecule has 2 aliphatic heterocycles. The minimum atomic E-state index is -0.420. The number of nitrogens with zero attached hydrogens (tertiary/aromatic N) is 5. The summed E-state index contributed by atoms with van der Waals surface area (Å²) in [6, 6.07) is 5.41. The lowest BCUT2D eigenvalue weighted by molar-refractivity contribution is -0.176. The Bertz CT molecular complexity index is 1260. The topological polar surface area (TPSA) is 122 Å². The normalized spacial score (nSPS) is 18.1. The van der Waals surface area contributed by atoms with Crippen molar-refractivity contribution >= 4 is 28.9 Å². The zero-order chi connectivity index (χ0) is 23.1. The molecule has 0 bridgehead atoms. The summed E-state index contributed by atoms with van der Waals surface area (Å²) >= 11 is 0. The molecular weight excluding hydrogens is 434 g/mol. The fourth-order valence-electron chi connectivity index (χ4n) is 4.39. The largest absolute Gasteiger partial charge is 0.380 e. The molecule has 0 radical (unpaired) electrons. The van der Waals surface area contributed by atoms with E-state index in [1.54, 1.807) is 29.6 Å². The van der Waals surface area contributed by atoms with Crippen molar-refractivity contribution in [2.75, 3.05) is 36.9 Å². The molecule has 3 aromatic heterocycles. The molecule has 3 aromatic rings. The molecule has 3 aliphatic rings. The van der Waals surface area contributed by atoms with E-state index < -0.39 is 5.91 Å². The highest BCUT2D eigenvalue weighted by Gasteiger charge is 2.51. The Kier molecular flexibility index (Phi) is 4.95. The summed E-state index contributed by atoms with van der Waals surface area (Å²) in [4.78, 5) is 45.1. The lowest BCUT2D eigenvalue weighted by Gasteiger charge is -2.54. The Morgan fingerprint density at radius 3 is 2.53 bits per heavy atom. The number of rotatable bonds is 6. The monoisotopic (exact) mass is 461 g/mol. The first kappa shape index (κ1) is 20.7. The fraction of sp³-hybridized carbons (Fsp3) is 0.333. The van der Waals surface area contributed by atoms with Crippen molar-refractivity contribution in [3.63, 3.8) is 0 Å². The number of hydrogen-bond donors (Lipinski definition) is 2. The van der Waals surface area contributed by atoms with Crippen LogP contribution in [0.5, 0.6) is 0 Å². The summed E-state index contributed by atoms with van der Waals surface area (Å²) in [5, 5.41) is 6.04. The van der Waals surface area contributed by atoms with E-state index in [1.807, 2.05) is 12.1 Å². The SMILES string of the molecule is O=C(Nc1cnccc1C(=O)N1CC2(COC2)C1)c1nc(C2CC2)ccc1Nc1cncnc1.[HH].[HH]. The molecule has 10 nitrogen and oxygen atoms in total. The summed E-state index contributed by atoms with van der Waals surface area (Å²) in [6.07, 6.45) is 9.86. The highest BCUT2D eigenvalue weighted by Crippen LogP contribution is 2.40. The second-order valence-electron chi connectivity index (χ2n) is 9.19. The van der Waals surface area contributed by atoms with E-state index >= 15 is 0 Å². The molecule has 34 heavy (non-hydrogen) atoms. The molecule has 1 spiro atoms. The minimum absolute atomic E-state index is 0. The van der Waals surface area contributed by atoms with Crippen LogP contribution in [0.1, 0.15) is 48.2 Å². The van der Waals surface area contributed by atoms with Crippen LogP contribution in [-0.4, -0.2) is 63.0 Å². The number of nitrogens with one attached hydrogen (secondary N) is 2. The summed E-state index contributed by atoms with van der Waals surface area (Å²) in [7, 11) is 0. The van der Waals surface area contributed by atoms with Crippen molar-refractivity contribution in [3.8, 4) is 0 Å². The van der Waals surface area contributed by atoms with Gasteiger partial charge in [0.1, 0.15) is 6.33 Å². The summed E-state index contributed by atoms with van der Waals surface area (Å²) in [5.41, 5.74) is 3.17. The van der Waals surface area contributed by atoms with Gasteiger partial charge in [-0.1, -0.05) is 0 Å². The van der Waals surface area contributed by atoms with Gasteiger partial charge in [-0.3, -0.25) is 14.6 Å². The Balaban J connectivity index is 0.00000152. The molecule has 10 heteroatoms. The van der Waals surface area contributed by atoms with Crippen molar-refractivity contribution in [2.45, 2.75) is 18.8 Å². The standard InChI is InChI=1S/C24H23N7O3.2H2/c32-22(21-19(28-16-7-26-14-27-8-16)4-3-18(29-21)15-1-2-15)30-20-9-25-6-5-17(20)23(33)31-10-24(11-31)12-34-13-24;;/h3-9,14-15,28H,1-2,10-13H2,(H,30,32);2*1H. The fourth-order valence-corrected chi connectivity index (χ4v) is 4.39. The number of carbonyl (C=O) groups excluding carboxylic acids is 2. The number of amides is 2. The Labute approximate surface area is 198 Å². The number of pyridine rings is 2. The number of aromatic nitrogens is 4. The number of ether oxygens (including phenoxy) is 1. The van der Waals surface area contributed by atoms with Gasteiger partial charge in [0.05, 0.1) is 59.8 Å². The summed E-state index contributed by atoms with van der Waals surface area (Å²) < 4.78 is 5.30. The molecule has 2 amide bonds. The van der Waals surface area contributed by atoms with Crippen molar-refractivity contribution in [1.82, 2.24) is 24.8 Å². The maximum absolute atomic E-state index is 13.4. The molecule has 2 N–H and O–H groups in total. The van der Waals surface area contributed by atoms with Gasteiger partial charge in [0.15, 0.2) is 5.69 Å². The van der Waals surface area contributed by atoms with Gasteiger partial charge in [-0.15, -0.1) is 0 Å². The third-order valence-corrected chi connectivity index (χ3v) is 6.42. The van der Waals surface area contributed by atoms with E-state index in [0.717, 1.165) is 18.5 Å². The quantitative estimate of drug-likeness (QED) is 0.574. The lowest BCUT2D eigenvalue weighted by atomic mass is 9.78. The first-order valence-electron chi connectivity index (χ1n) is 11.3.